The van der Waals surface area contributed by atoms with E-state index in [1.807, 2.05) is 0 Å². The summed E-state index contributed by atoms with van der Waals surface area (Å²) in [5.41, 5.74) is 0.346. The maximum Gasteiger partial charge on any atom is 0.302 e. The average molecular weight is 403 g/mol. The molecule has 4 aliphatic carbocycles. The molecular weight excluding hydrogens is 364 g/mol. The van der Waals surface area contributed by atoms with Gasteiger partial charge in [-0.25, -0.2) is 0 Å². The summed E-state index contributed by atoms with van der Waals surface area (Å²) in [4.78, 5) is 24.2. The van der Waals surface area contributed by atoms with Crippen molar-refractivity contribution in [2.24, 2.45) is 46.3 Å². The van der Waals surface area contributed by atoms with Gasteiger partial charge in [-0.1, -0.05) is 20.8 Å². The van der Waals surface area contributed by atoms with E-state index >= 15 is 0 Å². The molecule has 0 bridgehead atoms. The maximum atomic E-state index is 12.3. The summed E-state index contributed by atoms with van der Waals surface area (Å²) in [6, 6.07) is 0. The van der Waals surface area contributed by atoms with Crippen LogP contribution in [-0.2, 0) is 19.1 Å². The smallest absolute Gasteiger partial charge is 0.302 e. The number of esters is 1. The fraction of sp³-hybridized carbons (Fsp3) is 0.920. The number of carbonyl (C=O) groups is 2. The highest BCUT2D eigenvalue weighted by molar-refractivity contribution is 5.80. The van der Waals surface area contributed by atoms with Crippen LogP contribution >= 0.6 is 0 Å². The summed E-state index contributed by atoms with van der Waals surface area (Å²) in [6.45, 7) is 11.0. The normalized spacial score (nSPS) is 56.2. The van der Waals surface area contributed by atoms with Gasteiger partial charge in [-0.2, -0.15) is 0 Å². The van der Waals surface area contributed by atoms with Crippen molar-refractivity contribution in [1.82, 2.24) is 0 Å². The first-order valence-corrected chi connectivity index (χ1v) is 12.0. The summed E-state index contributed by atoms with van der Waals surface area (Å²) < 4.78 is 11.9. The van der Waals surface area contributed by atoms with Crippen molar-refractivity contribution >= 4 is 11.8 Å². The van der Waals surface area contributed by atoms with Crippen LogP contribution in [0.15, 0.2) is 0 Å². The first kappa shape index (κ1) is 20.0. The molecule has 5 rings (SSSR count). The van der Waals surface area contributed by atoms with Crippen molar-refractivity contribution in [2.75, 3.05) is 0 Å². The number of hydrogen-bond donors (Lipinski definition) is 0. The third kappa shape index (κ3) is 2.80. The molecule has 4 saturated carbocycles. The zero-order valence-corrected chi connectivity index (χ0v) is 18.8. The molecular formula is C25H38O4. The fourth-order valence-corrected chi connectivity index (χ4v) is 8.97. The third-order valence-corrected chi connectivity index (χ3v) is 10.5. The van der Waals surface area contributed by atoms with E-state index in [9.17, 15) is 9.59 Å². The molecule has 0 aromatic carbocycles. The Hall–Kier alpha value is -0.900. The van der Waals surface area contributed by atoms with Crippen LogP contribution in [0.1, 0.15) is 79.6 Å². The van der Waals surface area contributed by atoms with E-state index in [0.717, 1.165) is 25.7 Å². The van der Waals surface area contributed by atoms with Gasteiger partial charge in [0.05, 0.1) is 12.2 Å². The molecule has 2 unspecified atom stereocenters. The Morgan fingerprint density at radius 3 is 2.48 bits per heavy atom. The highest BCUT2D eigenvalue weighted by Crippen LogP contribution is 2.69. The first-order chi connectivity index (χ1) is 13.7. The molecule has 5 aliphatic rings. The number of ketones is 1. The van der Waals surface area contributed by atoms with Crippen LogP contribution in [0.4, 0.5) is 0 Å². The van der Waals surface area contributed by atoms with E-state index in [2.05, 4.69) is 27.7 Å². The van der Waals surface area contributed by atoms with Crippen LogP contribution in [0.3, 0.4) is 0 Å². The summed E-state index contributed by atoms with van der Waals surface area (Å²) >= 11 is 0. The Balaban J connectivity index is 1.50. The Morgan fingerprint density at radius 2 is 1.83 bits per heavy atom. The molecule has 0 N–H and O–H groups in total. The van der Waals surface area contributed by atoms with Gasteiger partial charge in [0.1, 0.15) is 11.9 Å². The number of fused-ring (bicyclic) bond motifs is 5. The van der Waals surface area contributed by atoms with Gasteiger partial charge in [-0.05, 0) is 80.0 Å². The Morgan fingerprint density at radius 1 is 1.10 bits per heavy atom. The van der Waals surface area contributed by atoms with Crippen LogP contribution in [0.25, 0.3) is 0 Å². The Labute approximate surface area is 175 Å². The average Bonchev–Trinajstić information content (AvgIpc) is 3.29. The molecule has 0 aromatic heterocycles. The van der Waals surface area contributed by atoms with Crippen molar-refractivity contribution < 1.29 is 19.1 Å². The number of carbonyl (C=O) groups excluding carboxylic acids is 2. The zero-order valence-electron chi connectivity index (χ0n) is 18.8. The van der Waals surface area contributed by atoms with Gasteiger partial charge >= 0.3 is 5.97 Å². The predicted molar refractivity (Wildman–Crippen MR) is 110 cm³/mol. The largest absolute Gasteiger partial charge is 0.462 e. The van der Waals surface area contributed by atoms with Crippen LogP contribution in [-0.4, -0.2) is 30.1 Å². The van der Waals surface area contributed by atoms with E-state index in [0.29, 0.717) is 53.5 Å². The molecule has 0 aromatic rings. The van der Waals surface area contributed by atoms with Gasteiger partial charge in [0.2, 0.25) is 0 Å². The number of epoxide rings is 1. The molecule has 4 heteroatoms. The highest BCUT2D eigenvalue weighted by atomic mass is 16.6. The van der Waals surface area contributed by atoms with Crippen LogP contribution in [0.5, 0.6) is 0 Å². The summed E-state index contributed by atoms with van der Waals surface area (Å²) in [6.07, 6.45) is 8.02. The van der Waals surface area contributed by atoms with Crippen LogP contribution in [0, 0.1) is 46.3 Å². The third-order valence-electron chi connectivity index (χ3n) is 10.5. The van der Waals surface area contributed by atoms with Gasteiger partial charge in [0, 0.05) is 25.2 Å². The highest BCUT2D eigenvalue weighted by Gasteiger charge is 2.67. The molecule has 4 nitrogen and oxygen atoms in total. The molecule has 11 atom stereocenters. The lowest BCUT2D eigenvalue weighted by atomic mass is 9.42. The fourth-order valence-electron chi connectivity index (χ4n) is 8.97. The van der Waals surface area contributed by atoms with Crippen molar-refractivity contribution in [2.45, 2.75) is 97.9 Å². The zero-order chi connectivity index (χ0) is 20.7. The van der Waals surface area contributed by atoms with Crippen LogP contribution in [0.2, 0.25) is 0 Å². The SMILES string of the molecule is CC(=O)O[C@H]1C[C@H](C2OC2C)[C@H]2[C@@H]3CC[C@H]4CC(=O)C[C@H](C)[C@]4(C)[C@H]3CC[C@@]21C. The second-order valence-electron chi connectivity index (χ2n) is 11.6. The maximum absolute atomic E-state index is 12.3. The number of hydrogen-bond acceptors (Lipinski definition) is 4. The molecule has 1 heterocycles. The lowest BCUT2D eigenvalue weighted by molar-refractivity contribution is -0.169. The van der Waals surface area contributed by atoms with E-state index < -0.39 is 0 Å². The Kier molecular flexibility index (Phi) is 4.52. The topological polar surface area (TPSA) is 55.9 Å². The van der Waals surface area contributed by atoms with Crippen LogP contribution < -0.4 is 0 Å². The van der Waals surface area contributed by atoms with Crippen molar-refractivity contribution in [3.8, 4) is 0 Å². The van der Waals surface area contributed by atoms with Crippen molar-refractivity contribution in [1.29, 1.82) is 0 Å². The number of ether oxygens (including phenoxy) is 2. The quantitative estimate of drug-likeness (QED) is 0.492. The minimum atomic E-state index is -0.141. The standard InChI is InChI=1S/C25H38O4/c1-13-10-17(27)11-16-6-7-18-20(25(13,16)5)8-9-24(4)21(29-15(3)26)12-19(22(18)24)23-14(2)28-23/h13-14,16,18-23H,6-12H2,1-5H3/t13-,14?,16-,18+,19-,20-,21-,22+,23?,24+,25-/m0/s1. The van der Waals surface area contributed by atoms with Crippen molar-refractivity contribution in [3.63, 3.8) is 0 Å². The van der Waals surface area contributed by atoms with Crippen molar-refractivity contribution in [3.05, 3.63) is 0 Å². The lowest BCUT2D eigenvalue weighted by Crippen LogP contribution is -2.57. The Bertz CT molecular complexity index is 718. The molecule has 5 fully saturated rings. The number of Topliss-reactive ketones (excluding diaryl/α,β-unsaturated/α-hetero) is 1. The summed E-state index contributed by atoms with van der Waals surface area (Å²) in [7, 11) is 0. The van der Waals surface area contributed by atoms with E-state index in [4.69, 9.17) is 9.47 Å². The molecule has 0 spiro atoms. The second-order valence-corrected chi connectivity index (χ2v) is 11.6. The van der Waals surface area contributed by atoms with Gasteiger partial charge in [-0.15, -0.1) is 0 Å². The minimum Gasteiger partial charge on any atom is -0.462 e. The van der Waals surface area contributed by atoms with Gasteiger partial charge < -0.3 is 9.47 Å². The van der Waals surface area contributed by atoms with Gasteiger partial charge in [0.15, 0.2) is 0 Å². The van der Waals surface area contributed by atoms with E-state index in [1.54, 1.807) is 6.92 Å². The second kappa shape index (κ2) is 6.55. The molecule has 1 saturated heterocycles. The molecule has 162 valence electrons. The summed E-state index contributed by atoms with van der Waals surface area (Å²) in [5, 5.41) is 0. The predicted octanol–water partition coefficient (Wildman–Crippen LogP) is 4.79. The lowest BCUT2D eigenvalue weighted by Gasteiger charge is -2.62. The van der Waals surface area contributed by atoms with Gasteiger partial charge in [0.25, 0.3) is 0 Å². The van der Waals surface area contributed by atoms with E-state index in [1.165, 1.54) is 19.3 Å². The molecule has 1 aliphatic heterocycles. The van der Waals surface area contributed by atoms with E-state index in [-0.39, 0.29) is 22.9 Å². The monoisotopic (exact) mass is 402 g/mol. The first-order valence-electron chi connectivity index (χ1n) is 12.0. The molecule has 0 amide bonds. The minimum absolute atomic E-state index is 0.0308. The van der Waals surface area contributed by atoms with Gasteiger partial charge in [-0.3, -0.25) is 9.59 Å². The molecule has 0 radical (unpaired) electrons. The summed E-state index contributed by atoms with van der Waals surface area (Å²) in [5.74, 6) is 3.82. The number of rotatable bonds is 2. The molecule has 29 heavy (non-hydrogen) atoms.